The van der Waals surface area contributed by atoms with E-state index in [1.165, 1.54) is 24.1 Å². The molecule has 0 saturated carbocycles. The molecule has 0 aliphatic carbocycles. The fourth-order valence-corrected chi connectivity index (χ4v) is 1.95. The minimum absolute atomic E-state index is 0.380. The van der Waals surface area contributed by atoms with Gasteiger partial charge in [0, 0.05) is 24.1 Å². The molecule has 74 valence electrons. The zero-order valence-corrected chi connectivity index (χ0v) is 9.83. The molecule has 0 spiro atoms. The molecule has 12 heavy (non-hydrogen) atoms. The average Bonchev–Trinajstić information content (AvgIpc) is 2.04. The van der Waals surface area contributed by atoms with Gasteiger partial charge < -0.3 is 8.37 Å². The summed E-state index contributed by atoms with van der Waals surface area (Å²) in [6.45, 7) is 9.83. The highest BCUT2D eigenvalue weighted by Crippen LogP contribution is 2.31. The van der Waals surface area contributed by atoms with Gasteiger partial charge in [0.2, 0.25) is 0 Å². The zero-order valence-electron chi connectivity index (χ0n) is 8.20. The van der Waals surface area contributed by atoms with Gasteiger partial charge in [0.1, 0.15) is 4.58 Å². The molecule has 0 aromatic heterocycles. The van der Waals surface area contributed by atoms with Crippen molar-refractivity contribution in [2.45, 2.75) is 32.3 Å². The van der Waals surface area contributed by atoms with Gasteiger partial charge >= 0.3 is 0 Å². The second-order valence-electron chi connectivity index (χ2n) is 2.62. The Labute approximate surface area is 84.2 Å². The van der Waals surface area contributed by atoms with Gasteiger partial charge in [-0.25, -0.2) is 0 Å². The quantitative estimate of drug-likeness (QED) is 0.473. The van der Waals surface area contributed by atoms with Gasteiger partial charge in [0.15, 0.2) is 0 Å². The van der Waals surface area contributed by atoms with Crippen LogP contribution in [0.2, 0.25) is 0 Å². The van der Waals surface area contributed by atoms with E-state index in [1.807, 2.05) is 13.8 Å². The van der Waals surface area contributed by atoms with Crippen LogP contribution in [0.5, 0.6) is 0 Å². The molecular weight excluding hydrogens is 192 g/mol. The van der Waals surface area contributed by atoms with Crippen LogP contribution in [-0.2, 0) is 8.37 Å². The summed E-state index contributed by atoms with van der Waals surface area (Å²) in [5.74, 6) is 0.568. The first-order chi connectivity index (χ1) is 5.72. The summed E-state index contributed by atoms with van der Waals surface area (Å²) in [6, 6.07) is 0. The Bertz CT molecular complexity index is 91.1. The topological polar surface area (TPSA) is 18.5 Å². The van der Waals surface area contributed by atoms with Crippen molar-refractivity contribution in [3.8, 4) is 0 Å². The maximum absolute atomic E-state index is 5.27. The molecule has 0 heterocycles. The lowest BCUT2D eigenvalue weighted by Gasteiger charge is -2.17. The second kappa shape index (κ2) is 8.23. The Morgan fingerprint density at radius 1 is 1.00 bits per heavy atom. The summed E-state index contributed by atoms with van der Waals surface area (Å²) < 4.78 is 10.9. The van der Waals surface area contributed by atoms with Gasteiger partial charge in [-0.3, -0.25) is 0 Å². The normalized spacial score (nSPS) is 11.5. The third-order valence-electron chi connectivity index (χ3n) is 1.11. The van der Waals surface area contributed by atoms with Gasteiger partial charge in [0.25, 0.3) is 0 Å². The summed E-state index contributed by atoms with van der Waals surface area (Å²) in [5, 5.41) is 0. The molecule has 0 aliphatic heterocycles. The number of rotatable bonds is 7. The largest absolute Gasteiger partial charge is 0.314 e. The number of hydrogen-bond donors (Lipinski definition) is 0. The van der Waals surface area contributed by atoms with E-state index in [2.05, 4.69) is 13.8 Å². The first kappa shape index (κ1) is 12.6. The summed E-state index contributed by atoms with van der Waals surface area (Å²) in [4.78, 5) is 0. The van der Waals surface area contributed by atoms with Crippen molar-refractivity contribution in [3.05, 3.63) is 0 Å². The molecule has 0 atom stereocenters. The molecule has 0 unspecified atom stereocenters. The molecule has 4 heteroatoms. The second-order valence-corrected chi connectivity index (χ2v) is 4.79. The Kier molecular flexibility index (Phi) is 8.65. The van der Waals surface area contributed by atoms with Crippen LogP contribution in [0.25, 0.3) is 0 Å². The van der Waals surface area contributed by atoms with E-state index < -0.39 is 0 Å². The summed E-state index contributed by atoms with van der Waals surface area (Å²) >= 11 is 3.02. The minimum atomic E-state index is 0.380. The molecule has 0 radical (unpaired) electrons. The zero-order chi connectivity index (χ0) is 9.40. The fraction of sp³-hybridized carbons (Fsp3) is 1.00. The SMILES string of the molecule is CCOSC(SOCC)C(C)C. The molecule has 0 aliphatic rings. The third-order valence-corrected chi connectivity index (χ3v) is 3.79. The van der Waals surface area contributed by atoms with Crippen LogP contribution in [0.3, 0.4) is 0 Å². The van der Waals surface area contributed by atoms with E-state index in [0.717, 1.165) is 13.2 Å². The lowest BCUT2D eigenvalue weighted by atomic mass is 10.3. The van der Waals surface area contributed by atoms with Gasteiger partial charge in [0.05, 0.1) is 13.2 Å². The highest BCUT2D eigenvalue weighted by atomic mass is 32.2. The Morgan fingerprint density at radius 3 is 1.67 bits per heavy atom. The predicted octanol–water partition coefficient (Wildman–Crippen LogP) is 3.34. The molecular formula is C8H18O2S2. The molecule has 0 fully saturated rings. The molecule has 2 nitrogen and oxygen atoms in total. The molecule has 0 amide bonds. The van der Waals surface area contributed by atoms with Crippen LogP contribution in [0.15, 0.2) is 0 Å². The summed E-state index contributed by atoms with van der Waals surface area (Å²) in [6.07, 6.45) is 0. The predicted molar refractivity (Wildman–Crippen MR) is 57.1 cm³/mol. The average molecular weight is 210 g/mol. The van der Waals surface area contributed by atoms with E-state index >= 15 is 0 Å². The van der Waals surface area contributed by atoms with E-state index in [9.17, 15) is 0 Å². The van der Waals surface area contributed by atoms with Gasteiger partial charge in [-0.2, -0.15) is 0 Å². The molecule has 0 aromatic rings. The number of hydrogen-bond acceptors (Lipinski definition) is 4. The van der Waals surface area contributed by atoms with Crippen LogP contribution < -0.4 is 0 Å². The van der Waals surface area contributed by atoms with E-state index in [1.54, 1.807) is 0 Å². The van der Waals surface area contributed by atoms with E-state index in [0.29, 0.717) is 10.5 Å². The molecule has 0 N–H and O–H groups in total. The van der Waals surface area contributed by atoms with Crippen molar-refractivity contribution in [1.29, 1.82) is 0 Å². The van der Waals surface area contributed by atoms with Crippen molar-refractivity contribution in [2.75, 3.05) is 13.2 Å². The van der Waals surface area contributed by atoms with E-state index in [-0.39, 0.29) is 0 Å². The van der Waals surface area contributed by atoms with Crippen LogP contribution in [0, 0.1) is 5.92 Å². The van der Waals surface area contributed by atoms with Crippen molar-refractivity contribution in [2.24, 2.45) is 5.92 Å². The molecule has 0 rings (SSSR count). The highest BCUT2D eigenvalue weighted by molar-refractivity contribution is 8.12. The maximum atomic E-state index is 5.27. The Morgan fingerprint density at radius 2 is 1.42 bits per heavy atom. The minimum Gasteiger partial charge on any atom is -0.314 e. The first-order valence-electron chi connectivity index (χ1n) is 4.28. The Balaban J connectivity index is 3.55. The smallest absolute Gasteiger partial charge is 0.105 e. The molecule has 0 bridgehead atoms. The molecule has 0 saturated heterocycles. The fourth-order valence-electron chi connectivity index (χ4n) is 0.508. The lowest BCUT2D eigenvalue weighted by Crippen LogP contribution is -2.08. The van der Waals surface area contributed by atoms with Crippen molar-refractivity contribution in [1.82, 2.24) is 0 Å². The van der Waals surface area contributed by atoms with Crippen LogP contribution >= 0.6 is 24.1 Å². The first-order valence-corrected chi connectivity index (χ1v) is 5.89. The summed E-state index contributed by atoms with van der Waals surface area (Å²) in [5.41, 5.74) is 0. The Hall–Kier alpha value is 0.620. The van der Waals surface area contributed by atoms with Crippen LogP contribution in [0.4, 0.5) is 0 Å². The lowest BCUT2D eigenvalue weighted by molar-refractivity contribution is 0.386. The van der Waals surface area contributed by atoms with Crippen LogP contribution in [-0.4, -0.2) is 17.8 Å². The van der Waals surface area contributed by atoms with Crippen molar-refractivity contribution in [3.63, 3.8) is 0 Å². The summed E-state index contributed by atoms with van der Waals surface area (Å²) in [7, 11) is 0. The molecule has 0 aromatic carbocycles. The standard InChI is InChI=1S/C8H18O2S2/c1-5-9-11-8(7(3)4)12-10-6-2/h7-8H,5-6H2,1-4H3. The van der Waals surface area contributed by atoms with Gasteiger partial charge in [-0.05, 0) is 19.8 Å². The van der Waals surface area contributed by atoms with Crippen molar-refractivity contribution >= 4 is 24.1 Å². The van der Waals surface area contributed by atoms with Gasteiger partial charge in [-0.1, -0.05) is 13.8 Å². The van der Waals surface area contributed by atoms with Crippen LogP contribution in [0.1, 0.15) is 27.7 Å². The monoisotopic (exact) mass is 210 g/mol. The third kappa shape index (κ3) is 6.17. The van der Waals surface area contributed by atoms with Crippen molar-refractivity contribution < 1.29 is 8.37 Å². The maximum Gasteiger partial charge on any atom is 0.105 e. The highest BCUT2D eigenvalue weighted by Gasteiger charge is 2.15. The van der Waals surface area contributed by atoms with Gasteiger partial charge in [-0.15, -0.1) is 0 Å². The van der Waals surface area contributed by atoms with E-state index in [4.69, 9.17) is 8.37 Å².